The minimum atomic E-state index is 0.456. The Morgan fingerprint density at radius 1 is 1.36 bits per heavy atom. The van der Waals surface area contributed by atoms with E-state index in [4.69, 9.17) is 4.74 Å². The lowest BCUT2D eigenvalue weighted by molar-refractivity contribution is 0.0817. The Morgan fingerprint density at radius 2 is 2.00 bits per heavy atom. The molecule has 11 heavy (non-hydrogen) atoms. The smallest absolute Gasteiger partial charge is 0.0735 e. The van der Waals surface area contributed by atoms with Crippen LogP contribution in [0.5, 0.6) is 0 Å². The number of hydrogen-bond donors (Lipinski definition) is 0. The fourth-order valence-electron chi connectivity index (χ4n) is 1.70. The van der Waals surface area contributed by atoms with Gasteiger partial charge in [-0.3, -0.25) is 4.90 Å². The molecule has 0 radical (unpaired) electrons. The monoisotopic (exact) mass is 157 g/mol. The molecule has 1 aliphatic heterocycles. The standard InChI is InChI=1S/C9H19NO/c1-7(2)10-5-8(3)9(6-10)11-4/h7-9H,5-6H2,1-4H3. The molecule has 0 aromatic carbocycles. The second kappa shape index (κ2) is 3.55. The topological polar surface area (TPSA) is 12.5 Å². The molecule has 2 atom stereocenters. The van der Waals surface area contributed by atoms with E-state index in [1.807, 2.05) is 7.11 Å². The Hall–Kier alpha value is -0.0800. The molecular weight excluding hydrogens is 138 g/mol. The Kier molecular flexibility index (Phi) is 2.90. The average Bonchev–Trinajstić information content (AvgIpc) is 2.31. The van der Waals surface area contributed by atoms with E-state index in [0.29, 0.717) is 18.1 Å². The van der Waals surface area contributed by atoms with Crippen LogP contribution in [0.2, 0.25) is 0 Å². The van der Waals surface area contributed by atoms with Gasteiger partial charge in [0.1, 0.15) is 0 Å². The maximum absolute atomic E-state index is 5.36. The lowest BCUT2D eigenvalue weighted by Crippen LogP contribution is -2.29. The van der Waals surface area contributed by atoms with Crippen LogP contribution in [0.3, 0.4) is 0 Å². The maximum atomic E-state index is 5.36. The van der Waals surface area contributed by atoms with E-state index in [1.54, 1.807) is 0 Å². The van der Waals surface area contributed by atoms with E-state index >= 15 is 0 Å². The van der Waals surface area contributed by atoms with Crippen LogP contribution in [0, 0.1) is 5.92 Å². The zero-order valence-electron chi connectivity index (χ0n) is 8.00. The molecule has 2 nitrogen and oxygen atoms in total. The Balaban J connectivity index is 2.43. The summed E-state index contributed by atoms with van der Waals surface area (Å²) in [5.41, 5.74) is 0. The van der Waals surface area contributed by atoms with Gasteiger partial charge in [0.2, 0.25) is 0 Å². The molecule has 1 saturated heterocycles. The molecule has 2 heteroatoms. The zero-order chi connectivity index (χ0) is 8.43. The van der Waals surface area contributed by atoms with E-state index in [2.05, 4.69) is 25.7 Å². The molecule has 0 spiro atoms. The fourth-order valence-corrected chi connectivity index (χ4v) is 1.70. The van der Waals surface area contributed by atoms with Crippen molar-refractivity contribution >= 4 is 0 Å². The first kappa shape index (κ1) is 9.01. The summed E-state index contributed by atoms with van der Waals surface area (Å²) in [4.78, 5) is 2.47. The molecule has 1 fully saturated rings. The van der Waals surface area contributed by atoms with Crippen molar-refractivity contribution < 1.29 is 4.74 Å². The van der Waals surface area contributed by atoms with Crippen LogP contribution >= 0.6 is 0 Å². The van der Waals surface area contributed by atoms with Gasteiger partial charge in [0.15, 0.2) is 0 Å². The molecule has 1 rings (SSSR count). The second-order valence-electron chi connectivity index (χ2n) is 3.80. The molecule has 0 aliphatic carbocycles. The van der Waals surface area contributed by atoms with Gasteiger partial charge in [-0.2, -0.15) is 0 Å². The summed E-state index contributed by atoms with van der Waals surface area (Å²) in [5.74, 6) is 0.697. The lowest BCUT2D eigenvalue weighted by atomic mass is 10.1. The third kappa shape index (κ3) is 1.94. The largest absolute Gasteiger partial charge is 0.380 e. The predicted octanol–water partition coefficient (Wildman–Crippen LogP) is 1.36. The summed E-state index contributed by atoms with van der Waals surface area (Å²) < 4.78 is 5.36. The van der Waals surface area contributed by atoms with Gasteiger partial charge < -0.3 is 4.74 Å². The van der Waals surface area contributed by atoms with Gasteiger partial charge in [0.25, 0.3) is 0 Å². The summed E-state index contributed by atoms with van der Waals surface area (Å²) in [7, 11) is 1.81. The van der Waals surface area contributed by atoms with Crippen molar-refractivity contribution in [3.8, 4) is 0 Å². The average molecular weight is 157 g/mol. The third-order valence-corrected chi connectivity index (χ3v) is 2.60. The minimum absolute atomic E-state index is 0.456. The van der Waals surface area contributed by atoms with Crippen LogP contribution in [-0.4, -0.2) is 37.2 Å². The first-order chi connectivity index (χ1) is 5.15. The highest BCUT2D eigenvalue weighted by molar-refractivity contribution is 4.83. The number of methoxy groups -OCH3 is 1. The van der Waals surface area contributed by atoms with E-state index in [-0.39, 0.29) is 0 Å². The van der Waals surface area contributed by atoms with Crippen LogP contribution in [0.4, 0.5) is 0 Å². The fraction of sp³-hybridized carbons (Fsp3) is 1.00. The van der Waals surface area contributed by atoms with Gasteiger partial charge in [-0.15, -0.1) is 0 Å². The highest BCUT2D eigenvalue weighted by atomic mass is 16.5. The zero-order valence-corrected chi connectivity index (χ0v) is 8.00. The molecule has 0 amide bonds. The molecule has 1 heterocycles. The highest BCUT2D eigenvalue weighted by Gasteiger charge is 2.30. The van der Waals surface area contributed by atoms with Crippen LogP contribution in [0.15, 0.2) is 0 Å². The van der Waals surface area contributed by atoms with Crippen molar-refractivity contribution in [3.05, 3.63) is 0 Å². The van der Waals surface area contributed by atoms with Crippen molar-refractivity contribution in [3.63, 3.8) is 0 Å². The maximum Gasteiger partial charge on any atom is 0.0735 e. The normalized spacial score (nSPS) is 33.5. The summed E-state index contributed by atoms with van der Waals surface area (Å²) in [6.07, 6.45) is 0.456. The molecule has 0 aromatic heterocycles. The SMILES string of the molecule is COC1CN(C(C)C)CC1C. The summed E-state index contributed by atoms with van der Waals surface area (Å²) in [6.45, 7) is 9.04. The molecule has 2 unspecified atom stereocenters. The van der Waals surface area contributed by atoms with Crippen molar-refractivity contribution in [2.75, 3.05) is 20.2 Å². The number of rotatable bonds is 2. The van der Waals surface area contributed by atoms with Crippen molar-refractivity contribution in [2.45, 2.75) is 32.9 Å². The number of likely N-dealkylation sites (tertiary alicyclic amines) is 1. The van der Waals surface area contributed by atoms with E-state index < -0.39 is 0 Å². The van der Waals surface area contributed by atoms with Crippen LogP contribution in [0.25, 0.3) is 0 Å². The third-order valence-electron chi connectivity index (χ3n) is 2.60. The summed E-state index contributed by atoms with van der Waals surface area (Å²) in [6, 6.07) is 0.664. The molecule has 66 valence electrons. The molecule has 0 aromatic rings. The van der Waals surface area contributed by atoms with Gasteiger partial charge in [0, 0.05) is 26.2 Å². The van der Waals surface area contributed by atoms with Gasteiger partial charge in [0.05, 0.1) is 6.10 Å². The van der Waals surface area contributed by atoms with Gasteiger partial charge in [-0.05, 0) is 19.8 Å². The molecule has 1 aliphatic rings. The Morgan fingerprint density at radius 3 is 2.27 bits per heavy atom. The second-order valence-corrected chi connectivity index (χ2v) is 3.80. The molecule has 0 saturated carbocycles. The summed E-state index contributed by atoms with van der Waals surface area (Å²) in [5, 5.41) is 0. The van der Waals surface area contributed by atoms with Crippen molar-refractivity contribution in [1.29, 1.82) is 0 Å². The first-order valence-electron chi connectivity index (χ1n) is 4.42. The predicted molar refractivity (Wildman–Crippen MR) is 46.7 cm³/mol. The lowest BCUT2D eigenvalue weighted by Gasteiger charge is -2.19. The van der Waals surface area contributed by atoms with E-state index in [1.165, 1.54) is 6.54 Å². The number of ether oxygens (including phenoxy) is 1. The molecular formula is C9H19NO. The van der Waals surface area contributed by atoms with Crippen molar-refractivity contribution in [1.82, 2.24) is 4.90 Å². The van der Waals surface area contributed by atoms with Crippen LogP contribution < -0.4 is 0 Å². The Bertz CT molecular complexity index is 125. The van der Waals surface area contributed by atoms with E-state index in [0.717, 1.165) is 6.54 Å². The highest BCUT2D eigenvalue weighted by Crippen LogP contribution is 2.20. The Labute approximate surface area is 69.5 Å². The van der Waals surface area contributed by atoms with E-state index in [9.17, 15) is 0 Å². The molecule has 0 bridgehead atoms. The number of hydrogen-bond acceptors (Lipinski definition) is 2. The van der Waals surface area contributed by atoms with Gasteiger partial charge >= 0.3 is 0 Å². The minimum Gasteiger partial charge on any atom is -0.380 e. The molecule has 0 N–H and O–H groups in total. The van der Waals surface area contributed by atoms with Crippen LogP contribution in [0.1, 0.15) is 20.8 Å². The van der Waals surface area contributed by atoms with Crippen LogP contribution in [-0.2, 0) is 4.74 Å². The summed E-state index contributed by atoms with van der Waals surface area (Å²) >= 11 is 0. The first-order valence-corrected chi connectivity index (χ1v) is 4.42. The number of nitrogens with zero attached hydrogens (tertiary/aromatic N) is 1. The quantitative estimate of drug-likeness (QED) is 0.600. The van der Waals surface area contributed by atoms with Crippen molar-refractivity contribution in [2.24, 2.45) is 5.92 Å². The van der Waals surface area contributed by atoms with Gasteiger partial charge in [-0.1, -0.05) is 6.92 Å². The van der Waals surface area contributed by atoms with Gasteiger partial charge in [-0.25, -0.2) is 0 Å².